The van der Waals surface area contributed by atoms with Crippen molar-refractivity contribution in [2.75, 3.05) is 16.4 Å². The minimum Gasteiger partial charge on any atom is -0.326 e. The van der Waals surface area contributed by atoms with Crippen LogP contribution in [-0.2, 0) is 23.1 Å². The van der Waals surface area contributed by atoms with E-state index in [1.807, 2.05) is 44.2 Å². The highest BCUT2D eigenvalue weighted by Crippen LogP contribution is 2.22. The molecule has 3 rings (SSSR count). The van der Waals surface area contributed by atoms with Crippen LogP contribution in [0.5, 0.6) is 0 Å². The summed E-state index contributed by atoms with van der Waals surface area (Å²) < 4.78 is 1.72. The molecule has 0 atom stereocenters. The smallest absolute Gasteiger partial charge is 0.236 e. The van der Waals surface area contributed by atoms with Gasteiger partial charge in [0.25, 0.3) is 0 Å². The molecule has 0 radical (unpaired) electrons. The van der Waals surface area contributed by atoms with Crippen LogP contribution in [0, 0.1) is 13.8 Å². The Balaban J connectivity index is 1.52. The predicted octanol–water partition coefficient (Wildman–Crippen LogP) is 2.80. The summed E-state index contributed by atoms with van der Waals surface area (Å²) >= 11 is 2.71. The normalized spacial score (nSPS) is 10.7. The molecule has 2 heterocycles. The van der Waals surface area contributed by atoms with Gasteiger partial charge in [-0.1, -0.05) is 30.0 Å². The van der Waals surface area contributed by atoms with Crippen molar-refractivity contribution in [1.29, 1.82) is 0 Å². The number of carbonyl (C=O) groups is 2. The fourth-order valence-corrected chi connectivity index (χ4v) is 3.87. The van der Waals surface area contributed by atoms with E-state index in [2.05, 4.69) is 25.8 Å². The molecule has 0 bridgehead atoms. The Morgan fingerprint density at radius 2 is 1.86 bits per heavy atom. The zero-order valence-electron chi connectivity index (χ0n) is 15.7. The highest BCUT2D eigenvalue weighted by atomic mass is 32.2. The van der Waals surface area contributed by atoms with Crippen molar-refractivity contribution >= 4 is 45.7 Å². The molecule has 0 saturated heterocycles. The molecule has 2 aromatic heterocycles. The first kappa shape index (κ1) is 20.0. The molecule has 10 heteroatoms. The highest BCUT2D eigenvalue weighted by Gasteiger charge is 2.15. The van der Waals surface area contributed by atoms with Crippen LogP contribution in [-0.4, -0.2) is 37.3 Å². The molecule has 0 aliphatic heterocycles. The van der Waals surface area contributed by atoms with Gasteiger partial charge in [-0.3, -0.25) is 9.59 Å². The zero-order valence-corrected chi connectivity index (χ0v) is 17.4. The molecule has 0 aliphatic rings. The molecule has 0 aliphatic carbocycles. The minimum absolute atomic E-state index is 0.100. The quantitative estimate of drug-likeness (QED) is 0.574. The maximum atomic E-state index is 12.2. The van der Waals surface area contributed by atoms with E-state index in [9.17, 15) is 9.59 Å². The largest absolute Gasteiger partial charge is 0.326 e. The number of aryl methyl sites for hydroxylation is 2. The van der Waals surface area contributed by atoms with Crippen molar-refractivity contribution in [3.05, 3.63) is 46.7 Å². The third kappa shape index (κ3) is 5.17. The third-order valence-electron chi connectivity index (χ3n) is 3.91. The highest BCUT2D eigenvalue weighted by molar-refractivity contribution is 7.99. The average molecular weight is 417 g/mol. The van der Waals surface area contributed by atoms with Crippen LogP contribution in [0.2, 0.25) is 0 Å². The molecule has 8 nitrogen and oxygen atoms in total. The Morgan fingerprint density at radius 3 is 2.54 bits per heavy atom. The van der Waals surface area contributed by atoms with E-state index in [4.69, 9.17) is 0 Å². The fraction of sp³-hybridized carbons (Fsp3) is 0.278. The first-order valence-corrected chi connectivity index (χ1v) is 10.3. The third-order valence-corrected chi connectivity index (χ3v) is 5.92. The standard InChI is InChI=1S/C18H20N6O2S2/c1-11-12(2)28-17(19-11)21-16(26)10-27-18-23-22-14(24(18)3)9-15(25)20-13-7-5-4-6-8-13/h4-8H,9-10H2,1-3H3,(H,20,25)(H,19,21,26). The Morgan fingerprint density at radius 1 is 1.11 bits per heavy atom. The number of hydrogen-bond acceptors (Lipinski definition) is 7. The molecule has 2 amide bonds. The fourth-order valence-electron chi connectivity index (χ4n) is 2.31. The van der Waals surface area contributed by atoms with Crippen molar-refractivity contribution in [2.24, 2.45) is 7.05 Å². The van der Waals surface area contributed by atoms with Gasteiger partial charge in [-0.05, 0) is 26.0 Å². The van der Waals surface area contributed by atoms with Crippen LogP contribution in [0.4, 0.5) is 10.8 Å². The number of aromatic nitrogens is 4. The maximum Gasteiger partial charge on any atom is 0.236 e. The van der Waals surface area contributed by atoms with Crippen molar-refractivity contribution in [3.63, 3.8) is 0 Å². The van der Waals surface area contributed by atoms with Crippen LogP contribution in [0.3, 0.4) is 0 Å². The number of benzene rings is 1. The van der Waals surface area contributed by atoms with E-state index in [1.165, 1.54) is 23.1 Å². The van der Waals surface area contributed by atoms with Gasteiger partial charge in [0.1, 0.15) is 5.82 Å². The summed E-state index contributed by atoms with van der Waals surface area (Å²) in [7, 11) is 1.78. The number of anilines is 2. The number of rotatable bonds is 7. The van der Waals surface area contributed by atoms with E-state index in [0.29, 0.717) is 16.1 Å². The van der Waals surface area contributed by atoms with E-state index in [1.54, 1.807) is 11.6 Å². The molecule has 3 aromatic rings. The Bertz CT molecular complexity index is 964. The number of hydrogen-bond donors (Lipinski definition) is 2. The number of para-hydroxylation sites is 1. The predicted molar refractivity (Wildman–Crippen MR) is 111 cm³/mol. The van der Waals surface area contributed by atoms with Crippen molar-refractivity contribution < 1.29 is 9.59 Å². The lowest BCUT2D eigenvalue weighted by atomic mass is 10.3. The molecule has 2 N–H and O–H groups in total. The lowest BCUT2D eigenvalue weighted by Crippen LogP contribution is -2.17. The number of carbonyl (C=O) groups excluding carboxylic acids is 2. The lowest BCUT2D eigenvalue weighted by Gasteiger charge is -2.05. The Hall–Kier alpha value is -2.72. The molecular formula is C18H20N6O2S2. The van der Waals surface area contributed by atoms with Gasteiger partial charge in [0.2, 0.25) is 11.8 Å². The van der Waals surface area contributed by atoms with Crippen LogP contribution in [0.1, 0.15) is 16.4 Å². The van der Waals surface area contributed by atoms with Crippen molar-refractivity contribution in [3.8, 4) is 0 Å². The molecule has 146 valence electrons. The van der Waals surface area contributed by atoms with E-state index in [-0.39, 0.29) is 24.0 Å². The van der Waals surface area contributed by atoms with Gasteiger partial charge in [0.05, 0.1) is 17.9 Å². The second kappa shape index (κ2) is 8.98. The van der Waals surface area contributed by atoms with E-state index in [0.717, 1.165) is 16.3 Å². The van der Waals surface area contributed by atoms with Gasteiger partial charge in [-0.2, -0.15) is 0 Å². The Kier molecular flexibility index (Phi) is 6.42. The summed E-state index contributed by atoms with van der Waals surface area (Å²) in [4.78, 5) is 29.7. The monoisotopic (exact) mass is 416 g/mol. The molecule has 0 unspecified atom stereocenters. The summed E-state index contributed by atoms with van der Waals surface area (Å²) in [5.41, 5.74) is 1.65. The van der Waals surface area contributed by atoms with Gasteiger partial charge in [0.15, 0.2) is 10.3 Å². The van der Waals surface area contributed by atoms with Crippen LogP contribution < -0.4 is 10.6 Å². The number of thioether (sulfide) groups is 1. The average Bonchev–Trinajstić information content (AvgIpc) is 3.16. The van der Waals surface area contributed by atoms with Gasteiger partial charge in [0, 0.05) is 17.6 Å². The summed E-state index contributed by atoms with van der Waals surface area (Å²) in [5.74, 6) is 0.373. The summed E-state index contributed by atoms with van der Waals surface area (Å²) in [6.45, 7) is 3.87. The van der Waals surface area contributed by atoms with Crippen LogP contribution in [0.15, 0.2) is 35.5 Å². The van der Waals surface area contributed by atoms with Gasteiger partial charge in [-0.15, -0.1) is 21.5 Å². The van der Waals surface area contributed by atoms with Crippen LogP contribution >= 0.6 is 23.1 Å². The SMILES string of the molecule is Cc1nc(NC(=O)CSc2nnc(CC(=O)Nc3ccccc3)n2C)sc1C. The first-order chi connectivity index (χ1) is 13.4. The maximum absolute atomic E-state index is 12.2. The zero-order chi connectivity index (χ0) is 20.1. The van der Waals surface area contributed by atoms with E-state index >= 15 is 0 Å². The van der Waals surface area contributed by atoms with Gasteiger partial charge in [-0.25, -0.2) is 4.98 Å². The topological polar surface area (TPSA) is 102 Å². The lowest BCUT2D eigenvalue weighted by molar-refractivity contribution is -0.116. The summed E-state index contributed by atoms with van der Waals surface area (Å²) in [6, 6.07) is 9.23. The van der Waals surface area contributed by atoms with E-state index < -0.39 is 0 Å². The van der Waals surface area contributed by atoms with Gasteiger partial charge >= 0.3 is 0 Å². The number of nitrogens with one attached hydrogen (secondary N) is 2. The second-order valence-corrected chi connectivity index (χ2v) is 8.19. The molecule has 0 fully saturated rings. The molecular weight excluding hydrogens is 396 g/mol. The number of amides is 2. The first-order valence-electron chi connectivity index (χ1n) is 8.52. The minimum atomic E-state index is -0.175. The Labute approximate surface area is 170 Å². The molecule has 28 heavy (non-hydrogen) atoms. The van der Waals surface area contributed by atoms with Gasteiger partial charge < -0.3 is 15.2 Å². The molecule has 0 spiro atoms. The number of thiazole rings is 1. The van der Waals surface area contributed by atoms with Crippen molar-refractivity contribution in [2.45, 2.75) is 25.4 Å². The molecule has 1 aromatic carbocycles. The summed E-state index contributed by atoms with van der Waals surface area (Å²) in [5, 5.41) is 14.9. The van der Waals surface area contributed by atoms with Crippen LogP contribution in [0.25, 0.3) is 0 Å². The molecule has 0 saturated carbocycles. The van der Waals surface area contributed by atoms with Crippen molar-refractivity contribution in [1.82, 2.24) is 19.7 Å². The number of nitrogens with zero attached hydrogens (tertiary/aromatic N) is 4. The second-order valence-electron chi connectivity index (χ2n) is 6.05. The summed E-state index contributed by atoms with van der Waals surface area (Å²) in [6.07, 6.45) is 0.100.